The molecule has 0 N–H and O–H groups in total. The van der Waals surface area contributed by atoms with Crippen molar-refractivity contribution in [2.24, 2.45) is 7.05 Å². The number of rotatable bonds is 6. The Morgan fingerprint density at radius 2 is 1.70 bits per heavy atom. The van der Waals surface area contributed by atoms with Crippen LogP contribution in [0.25, 0.3) is 0 Å². The SMILES string of the molecule is CCOc1ccc(S(=O)(=O)N2CCCN(S(=O)(=O)c3cn(C)c(C)n3)CC2)cc1F. The average Bonchev–Trinajstić information content (AvgIpc) is 2.89. The maximum absolute atomic E-state index is 14.2. The molecule has 2 aromatic rings. The number of hydrogen-bond donors (Lipinski definition) is 0. The number of nitrogens with zero attached hydrogens (tertiary/aromatic N) is 4. The molecule has 9 nitrogen and oxygen atoms in total. The van der Waals surface area contributed by atoms with Gasteiger partial charge in [-0.25, -0.2) is 26.2 Å². The lowest BCUT2D eigenvalue weighted by atomic mass is 10.3. The standard InChI is InChI=1S/C18H25FN4O5S2/c1-4-28-17-7-6-15(12-16(17)19)29(24,25)22-8-5-9-23(11-10-22)30(26,27)18-13-21(3)14(2)20-18/h6-7,12-13H,4-5,8-11H2,1-3H3. The highest BCUT2D eigenvalue weighted by molar-refractivity contribution is 7.89. The molecule has 0 radical (unpaired) electrons. The second-order valence-corrected chi connectivity index (χ2v) is 10.7. The summed E-state index contributed by atoms with van der Waals surface area (Å²) in [6.07, 6.45) is 1.75. The number of aromatic nitrogens is 2. The van der Waals surface area contributed by atoms with E-state index in [-0.39, 0.29) is 48.5 Å². The molecule has 0 atom stereocenters. The van der Waals surface area contributed by atoms with Gasteiger partial charge in [0.1, 0.15) is 5.82 Å². The maximum Gasteiger partial charge on any atom is 0.262 e. The summed E-state index contributed by atoms with van der Waals surface area (Å²) in [5, 5.41) is -0.0626. The lowest BCUT2D eigenvalue weighted by Gasteiger charge is -2.21. The molecule has 0 unspecified atom stereocenters. The van der Waals surface area contributed by atoms with Gasteiger partial charge in [0.15, 0.2) is 16.6 Å². The number of halogens is 1. The molecule has 1 fully saturated rings. The van der Waals surface area contributed by atoms with E-state index in [1.54, 1.807) is 25.5 Å². The van der Waals surface area contributed by atoms with Gasteiger partial charge in [-0.2, -0.15) is 8.61 Å². The minimum atomic E-state index is -3.98. The molecule has 1 aromatic carbocycles. The van der Waals surface area contributed by atoms with Crippen molar-refractivity contribution in [1.82, 2.24) is 18.2 Å². The van der Waals surface area contributed by atoms with E-state index < -0.39 is 25.9 Å². The van der Waals surface area contributed by atoms with Crippen LogP contribution >= 0.6 is 0 Å². The second kappa shape index (κ2) is 8.61. The van der Waals surface area contributed by atoms with E-state index in [2.05, 4.69) is 4.98 Å². The van der Waals surface area contributed by atoms with Crippen LogP contribution in [0.2, 0.25) is 0 Å². The van der Waals surface area contributed by atoms with Crippen LogP contribution in [0, 0.1) is 12.7 Å². The first kappa shape index (κ1) is 22.7. The van der Waals surface area contributed by atoms with Gasteiger partial charge in [0.25, 0.3) is 10.0 Å². The Hall–Kier alpha value is -2.02. The van der Waals surface area contributed by atoms with E-state index in [1.165, 1.54) is 26.9 Å². The summed E-state index contributed by atoms with van der Waals surface area (Å²) in [6.45, 7) is 3.90. The molecule has 12 heteroatoms. The highest BCUT2D eigenvalue weighted by Gasteiger charge is 2.33. The fraction of sp³-hybridized carbons (Fsp3) is 0.500. The smallest absolute Gasteiger partial charge is 0.262 e. The Morgan fingerprint density at radius 3 is 2.23 bits per heavy atom. The minimum Gasteiger partial charge on any atom is -0.491 e. The molecule has 0 saturated carbocycles. The normalized spacial score (nSPS) is 17.1. The van der Waals surface area contributed by atoms with Gasteiger partial charge in [-0.1, -0.05) is 0 Å². The Kier molecular flexibility index (Phi) is 6.51. The van der Waals surface area contributed by atoms with Crippen LogP contribution in [0.3, 0.4) is 0 Å². The van der Waals surface area contributed by atoms with E-state index in [1.807, 2.05) is 0 Å². The van der Waals surface area contributed by atoms with E-state index in [0.717, 1.165) is 6.07 Å². The molecule has 3 rings (SSSR count). The molecule has 1 aromatic heterocycles. The van der Waals surface area contributed by atoms with Crippen LogP contribution in [0.4, 0.5) is 4.39 Å². The van der Waals surface area contributed by atoms with Crippen molar-refractivity contribution in [1.29, 1.82) is 0 Å². The molecule has 0 amide bonds. The lowest BCUT2D eigenvalue weighted by Crippen LogP contribution is -2.37. The van der Waals surface area contributed by atoms with Gasteiger partial charge in [-0.15, -0.1) is 0 Å². The zero-order chi connectivity index (χ0) is 22.1. The zero-order valence-electron chi connectivity index (χ0n) is 17.1. The van der Waals surface area contributed by atoms with E-state index in [4.69, 9.17) is 4.74 Å². The highest BCUT2D eigenvalue weighted by Crippen LogP contribution is 2.25. The van der Waals surface area contributed by atoms with Crippen molar-refractivity contribution in [2.75, 3.05) is 32.8 Å². The molecule has 0 spiro atoms. The van der Waals surface area contributed by atoms with E-state index in [9.17, 15) is 21.2 Å². The average molecular weight is 461 g/mol. The first-order chi connectivity index (χ1) is 14.1. The van der Waals surface area contributed by atoms with Gasteiger partial charge >= 0.3 is 0 Å². The predicted octanol–water partition coefficient (Wildman–Crippen LogP) is 1.35. The van der Waals surface area contributed by atoms with E-state index in [0.29, 0.717) is 12.2 Å². The van der Waals surface area contributed by atoms with Crippen molar-refractivity contribution in [2.45, 2.75) is 30.2 Å². The van der Waals surface area contributed by atoms with Gasteiger partial charge in [0.05, 0.1) is 11.5 Å². The third-order valence-corrected chi connectivity index (χ3v) is 8.61. The zero-order valence-corrected chi connectivity index (χ0v) is 18.7. The molecular formula is C18H25FN4O5S2. The highest BCUT2D eigenvalue weighted by atomic mass is 32.2. The lowest BCUT2D eigenvalue weighted by molar-refractivity contribution is 0.321. The Labute approximate surface area is 176 Å². The molecule has 1 aliphatic heterocycles. The van der Waals surface area contributed by atoms with Crippen molar-refractivity contribution < 1.29 is 26.0 Å². The third-order valence-electron chi connectivity index (χ3n) is 4.95. The van der Waals surface area contributed by atoms with Gasteiger partial charge in [0.2, 0.25) is 10.0 Å². The van der Waals surface area contributed by atoms with Gasteiger partial charge < -0.3 is 9.30 Å². The van der Waals surface area contributed by atoms with Crippen LogP contribution in [-0.2, 0) is 27.1 Å². The topological polar surface area (TPSA) is 102 Å². The summed E-state index contributed by atoms with van der Waals surface area (Å²) < 4.78 is 75.0. The molecule has 30 heavy (non-hydrogen) atoms. The Balaban J connectivity index is 1.79. The largest absolute Gasteiger partial charge is 0.491 e. The first-order valence-electron chi connectivity index (χ1n) is 9.50. The maximum atomic E-state index is 14.2. The van der Waals surface area contributed by atoms with Crippen LogP contribution in [-0.4, -0.2) is 67.8 Å². The Bertz CT molecular complexity index is 1110. The number of sulfonamides is 2. The summed E-state index contributed by atoms with van der Waals surface area (Å²) in [4.78, 5) is 3.89. The van der Waals surface area contributed by atoms with Crippen LogP contribution in [0.15, 0.2) is 34.3 Å². The molecule has 0 aliphatic carbocycles. The predicted molar refractivity (Wildman–Crippen MR) is 108 cm³/mol. The van der Waals surface area contributed by atoms with Gasteiger partial charge in [-0.05, 0) is 38.5 Å². The number of ether oxygens (including phenoxy) is 1. The molecule has 0 bridgehead atoms. The van der Waals surface area contributed by atoms with Crippen molar-refractivity contribution in [3.8, 4) is 5.75 Å². The van der Waals surface area contributed by atoms with Crippen molar-refractivity contribution >= 4 is 20.0 Å². The fourth-order valence-electron chi connectivity index (χ4n) is 3.20. The number of imidazole rings is 1. The molecule has 2 heterocycles. The summed E-state index contributed by atoms with van der Waals surface area (Å²) >= 11 is 0. The molecule has 1 saturated heterocycles. The van der Waals surface area contributed by atoms with Gasteiger partial charge in [-0.3, -0.25) is 0 Å². The summed E-state index contributed by atoms with van der Waals surface area (Å²) in [7, 11) is -6.11. The number of aryl methyl sites for hydroxylation is 2. The monoisotopic (exact) mass is 460 g/mol. The number of benzene rings is 1. The van der Waals surface area contributed by atoms with Crippen molar-refractivity contribution in [3.05, 3.63) is 36.0 Å². The molecule has 166 valence electrons. The fourth-order valence-corrected chi connectivity index (χ4v) is 6.17. The van der Waals surface area contributed by atoms with E-state index >= 15 is 0 Å². The van der Waals surface area contributed by atoms with Crippen LogP contribution in [0.1, 0.15) is 19.2 Å². The molecule has 1 aliphatic rings. The third kappa shape index (κ3) is 4.36. The summed E-state index contributed by atoms with van der Waals surface area (Å²) in [6, 6.07) is 3.50. The quantitative estimate of drug-likeness (QED) is 0.645. The summed E-state index contributed by atoms with van der Waals surface area (Å²) in [5.74, 6) is -0.220. The molecular weight excluding hydrogens is 435 g/mol. The van der Waals surface area contributed by atoms with Crippen molar-refractivity contribution in [3.63, 3.8) is 0 Å². The minimum absolute atomic E-state index is 0.0172. The van der Waals surface area contributed by atoms with Crippen LogP contribution in [0.5, 0.6) is 5.75 Å². The first-order valence-corrected chi connectivity index (χ1v) is 12.4. The van der Waals surface area contributed by atoms with Crippen LogP contribution < -0.4 is 4.74 Å². The summed E-state index contributed by atoms with van der Waals surface area (Å²) in [5.41, 5.74) is 0. The Morgan fingerprint density at radius 1 is 1.07 bits per heavy atom. The van der Waals surface area contributed by atoms with Gasteiger partial charge in [0, 0.05) is 39.4 Å². The second-order valence-electron chi connectivity index (χ2n) is 6.92. The number of hydrogen-bond acceptors (Lipinski definition) is 6.